The van der Waals surface area contributed by atoms with Crippen LogP contribution in [0.15, 0.2) is 113 Å². The van der Waals surface area contributed by atoms with E-state index in [0.717, 1.165) is 25.9 Å². The lowest BCUT2D eigenvalue weighted by Gasteiger charge is -2.34. The van der Waals surface area contributed by atoms with E-state index in [1.165, 1.54) is 16.7 Å². The lowest BCUT2D eigenvalue weighted by Crippen LogP contribution is -2.53. The highest BCUT2D eigenvalue weighted by Gasteiger charge is 2.34. The molecule has 10 heteroatoms. The van der Waals surface area contributed by atoms with Crippen LogP contribution in [0.3, 0.4) is 0 Å². The quantitative estimate of drug-likeness (QED) is 0.155. The summed E-state index contributed by atoms with van der Waals surface area (Å²) in [6, 6.07) is 29.5. The van der Waals surface area contributed by atoms with Crippen molar-refractivity contribution < 1.29 is 22.7 Å². The van der Waals surface area contributed by atoms with Crippen molar-refractivity contribution in [3.05, 3.63) is 120 Å². The first-order chi connectivity index (χ1) is 22.2. The monoisotopic (exact) mass is 659 g/mol. The third-order valence-electron chi connectivity index (χ3n) is 7.42. The van der Waals surface area contributed by atoms with Gasteiger partial charge in [-0.3, -0.25) is 13.9 Å². The van der Waals surface area contributed by atoms with E-state index in [1.54, 1.807) is 48.5 Å². The molecule has 0 aliphatic heterocycles. The van der Waals surface area contributed by atoms with Gasteiger partial charge in [-0.1, -0.05) is 60.2 Å². The van der Waals surface area contributed by atoms with E-state index in [0.29, 0.717) is 24.6 Å². The average Bonchev–Trinajstić information content (AvgIpc) is 3.06. The molecule has 0 fully saturated rings. The summed E-state index contributed by atoms with van der Waals surface area (Å²) < 4.78 is 35.2. The molecule has 0 spiro atoms. The van der Waals surface area contributed by atoms with E-state index in [-0.39, 0.29) is 23.8 Å². The minimum Gasteiger partial charge on any atom is -0.494 e. The van der Waals surface area contributed by atoms with E-state index in [9.17, 15) is 18.0 Å². The van der Waals surface area contributed by atoms with Gasteiger partial charge in [-0.2, -0.15) is 0 Å². The summed E-state index contributed by atoms with van der Waals surface area (Å²) in [4.78, 5) is 30.6. The van der Waals surface area contributed by atoms with Crippen molar-refractivity contribution in [1.82, 2.24) is 10.2 Å². The van der Waals surface area contributed by atoms with E-state index in [4.69, 9.17) is 4.74 Å². The summed E-state index contributed by atoms with van der Waals surface area (Å²) in [5, 5.41) is 2.89. The van der Waals surface area contributed by atoms with Gasteiger partial charge in [0.05, 0.1) is 17.2 Å². The first-order valence-corrected chi connectivity index (χ1v) is 17.9. The van der Waals surface area contributed by atoms with E-state index < -0.39 is 28.5 Å². The Morgan fingerprint density at radius 3 is 2.15 bits per heavy atom. The van der Waals surface area contributed by atoms with Gasteiger partial charge in [-0.15, -0.1) is 11.8 Å². The fraction of sp³-hybridized carbons (Fsp3) is 0.278. The number of sulfonamides is 1. The first-order valence-electron chi connectivity index (χ1n) is 15.2. The second-order valence-electron chi connectivity index (χ2n) is 10.7. The van der Waals surface area contributed by atoms with Crippen LogP contribution in [0.2, 0.25) is 0 Å². The molecule has 0 aliphatic carbocycles. The highest BCUT2D eigenvalue weighted by Crippen LogP contribution is 2.28. The number of nitrogens with zero attached hydrogens (tertiary/aromatic N) is 2. The van der Waals surface area contributed by atoms with Crippen LogP contribution < -0.4 is 14.4 Å². The Kier molecular flexibility index (Phi) is 12.3. The third kappa shape index (κ3) is 8.92. The SMILES string of the molecule is CCNC(=O)C(Cc1ccccc1)N(Cc1cccc(C)c1)C(=O)CN(c1ccc(OCC)cc1)S(=O)(=O)c1ccc(SC)cc1. The van der Waals surface area contributed by atoms with Crippen LogP contribution in [0.25, 0.3) is 0 Å². The highest BCUT2D eigenvalue weighted by molar-refractivity contribution is 7.98. The second-order valence-corrected chi connectivity index (χ2v) is 13.5. The number of thioether (sulfide) groups is 1. The van der Waals surface area contributed by atoms with Crippen LogP contribution in [0.4, 0.5) is 5.69 Å². The molecule has 8 nitrogen and oxygen atoms in total. The standard InChI is InChI=1S/C36H41N3O5S2/c1-5-37-36(41)34(24-28-12-8-7-9-13-28)38(25-29-14-10-11-27(3)23-29)35(40)26-39(30-15-17-31(18-16-30)44-6-2)46(42,43)33-21-19-32(45-4)20-22-33/h7-23,34H,5-6,24-26H2,1-4H3,(H,37,41). The zero-order valence-electron chi connectivity index (χ0n) is 26.7. The molecular formula is C36H41N3O5S2. The van der Waals surface area contributed by atoms with Crippen molar-refractivity contribution in [3.8, 4) is 5.75 Å². The zero-order valence-corrected chi connectivity index (χ0v) is 28.3. The number of likely N-dealkylation sites (N-methyl/N-ethyl adjacent to an activating group) is 1. The number of hydrogen-bond donors (Lipinski definition) is 1. The Morgan fingerprint density at radius 2 is 1.54 bits per heavy atom. The minimum atomic E-state index is -4.19. The van der Waals surface area contributed by atoms with E-state index in [1.807, 2.05) is 81.6 Å². The van der Waals surface area contributed by atoms with Gasteiger partial charge in [0.2, 0.25) is 11.8 Å². The molecule has 0 aromatic heterocycles. The summed E-state index contributed by atoms with van der Waals surface area (Å²) >= 11 is 1.50. The predicted octanol–water partition coefficient (Wildman–Crippen LogP) is 6.09. The number of benzene rings is 4. The Balaban J connectivity index is 1.79. The molecule has 1 atom stereocenters. The summed E-state index contributed by atoms with van der Waals surface area (Å²) in [6.07, 6.45) is 2.17. The van der Waals surface area contributed by atoms with Crippen molar-refractivity contribution >= 4 is 39.3 Å². The molecule has 1 N–H and O–H groups in total. The average molecular weight is 660 g/mol. The smallest absolute Gasteiger partial charge is 0.264 e. The lowest BCUT2D eigenvalue weighted by atomic mass is 10.0. The summed E-state index contributed by atoms with van der Waals surface area (Å²) in [5.74, 6) is -0.234. The third-order valence-corrected chi connectivity index (χ3v) is 9.95. The number of aryl methyl sites for hydroxylation is 1. The largest absolute Gasteiger partial charge is 0.494 e. The van der Waals surface area contributed by atoms with Gasteiger partial charge in [0.15, 0.2) is 0 Å². The van der Waals surface area contributed by atoms with Gasteiger partial charge in [0, 0.05) is 24.4 Å². The molecular weight excluding hydrogens is 619 g/mol. The Bertz CT molecular complexity index is 1700. The summed E-state index contributed by atoms with van der Waals surface area (Å²) in [7, 11) is -4.19. The van der Waals surface area contributed by atoms with Gasteiger partial charge in [-0.05, 0) is 86.7 Å². The molecule has 242 valence electrons. The number of ether oxygens (including phenoxy) is 1. The van der Waals surface area contributed by atoms with Gasteiger partial charge < -0.3 is 15.0 Å². The number of anilines is 1. The van der Waals surface area contributed by atoms with Crippen molar-refractivity contribution in [2.75, 3.05) is 30.3 Å². The maximum absolute atomic E-state index is 14.5. The first kappa shape index (κ1) is 34.6. The molecule has 46 heavy (non-hydrogen) atoms. The fourth-order valence-corrected chi connectivity index (χ4v) is 6.95. The Morgan fingerprint density at radius 1 is 0.870 bits per heavy atom. The molecule has 0 aliphatic rings. The number of nitrogens with one attached hydrogen (secondary N) is 1. The van der Waals surface area contributed by atoms with Gasteiger partial charge in [0.25, 0.3) is 10.0 Å². The molecule has 0 heterocycles. The molecule has 4 rings (SSSR count). The van der Waals surface area contributed by atoms with Crippen molar-refractivity contribution in [2.24, 2.45) is 0 Å². The predicted molar refractivity (Wildman–Crippen MR) is 185 cm³/mol. The molecule has 1 unspecified atom stereocenters. The summed E-state index contributed by atoms with van der Waals surface area (Å²) in [6.45, 7) is 6.10. The van der Waals surface area contributed by atoms with E-state index in [2.05, 4.69) is 5.32 Å². The zero-order chi connectivity index (χ0) is 33.1. The number of carbonyl (C=O) groups excluding carboxylic acids is 2. The van der Waals surface area contributed by atoms with Gasteiger partial charge >= 0.3 is 0 Å². The van der Waals surface area contributed by atoms with Crippen molar-refractivity contribution in [3.63, 3.8) is 0 Å². The number of amides is 2. The molecule has 0 radical (unpaired) electrons. The van der Waals surface area contributed by atoms with Crippen molar-refractivity contribution in [2.45, 2.75) is 49.6 Å². The van der Waals surface area contributed by atoms with Gasteiger partial charge in [-0.25, -0.2) is 8.42 Å². The lowest BCUT2D eigenvalue weighted by molar-refractivity contribution is -0.140. The topological polar surface area (TPSA) is 96.0 Å². The molecule has 4 aromatic carbocycles. The Hall–Kier alpha value is -4.28. The second kappa shape index (κ2) is 16.3. The molecule has 0 saturated heterocycles. The molecule has 0 bridgehead atoms. The summed E-state index contributed by atoms with van der Waals surface area (Å²) in [5.41, 5.74) is 3.03. The van der Waals surface area contributed by atoms with Crippen LogP contribution in [-0.2, 0) is 32.6 Å². The van der Waals surface area contributed by atoms with Gasteiger partial charge in [0.1, 0.15) is 18.3 Å². The van der Waals surface area contributed by atoms with Crippen LogP contribution in [0.5, 0.6) is 5.75 Å². The normalized spacial score (nSPS) is 11.8. The maximum atomic E-state index is 14.5. The van der Waals surface area contributed by atoms with Crippen LogP contribution in [0.1, 0.15) is 30.5 Å². The van der Waals surface area contributed by atoms with E-state index >= 15 is 0 Å². The number of carbonyl (C=O) groups is 2. The molecule has 2 amide bonds. The maximum Gasteiger partial charge on any atom is 0.264 e. The Labute approximate surface area is 276 Å². The molecule has 4 aromatic rings. The van der Waals surface area contributed by atoms with Crippen LogP contribution in [0, 0.1) is 6.92 Å². The minimum absolute atomic E-state index is 0.0572. The fourth-order valence-electron chi connectivity index (χ4n) is 5.13. The number of hydrogen-bond acceptors (Lipinski definition) is 6. The van der Waals surface area contributed by atoms with Crippen LogP contribution in [-0.4, -0.2) is 57.1 Å². The van der Waals surface area contributed by atoms with Crippen LogP contribution >= 0.6 is 11.8 Å². The highest BCUT2D eigenvalue weighted by atomic mass is 32.2. The van der Waals surface area contributed by atoms with Crippen molar-refractivity contribution in [1.29, 1.82) is 0 Å². The molecule has 0 saturated carbocycles. The number of rotatable bonds is 15.